The fourth-order valence-electron chi connectivity index (χ4n) is 6.14. The van der Waals surface area contributed by atoms with E-state index in [1.165, 1.54) is 109 Å². The van der Waals surface area contributed by atoms with Gasteiger partial charge in [-0.25, -0.2) is 0 Å². The Balaban J connectivity index is 3.74. The molecule has 0 heterocycles. The van der Waals surface area contributed by atoms with Gasteiger partial charge in [-0.1, -0.05) is 173 Å². The zero-order valence-electron chi connectivity index (χ0n) is 34.0. The number of rotatable bonds is 38. The molecule has 0 aromatic carbocycles. The number of hydrogen-bond acceptors (Lipinski definition) is 7. The van der Waals surface area contributed by atoms with E-state index in [9.17, 15) is 24.9 Å². The van der Waals surface area contributed by atoms with Crippen molar-refractivity contribution in [3.8, 4) is 0 Å². The molecule has 0 aliphatic rings. The summed E-state index contributed by atoms with van der Waals surface area (Å²) in [5.74, 6) is -0.0232. The Morgan fingerprint density at radius 2 is 1.06 bits per heavy atom. The molecule has 7 heteroatoms. The summed E-state index contributed by atoms with van der Waals surface area (Å²) in [7, 11) is 0. The lowest BCUT2D eigenvalue weighted by atomic mass is 10.0. The highest BCUT2D eigenvalue weighted by Gasteiger charge is 2.18. The quantitative estimate of drug-likeness (QED) is 0.0329. The van der Waals surface area contributed by atoms with Crippen LogP contribution in [0.2, 0.25) is 0 Å². The van der Waals surface area contributed by atoms with Crippen molar-refractivity contribution in [1.29, 1.82) is 0 Å². The second-order valence-electron chi connectivity index (χ2n) is 15.2. The van der Waals surface area contributed by atoms with E-state index in [-0.39, 0.29) is 25.4 Å². The number of unbranched alkanes of at least 4 members (excludes halogenated alkanes) is 18. The van der Waals surface area contributed by atoms with E-state index < -0.39 is 30.9 Å². The lowest BCUT2D eigenvalue weighted by molar-refractivity contribution is -0.161. The average molecular weight is 735 g/mol. The monoisotopic (exact) mass is 735 g/mol. The van der Waals surface area contributed by atoms with Crippen LogP contribution in [0.25, 0.3) is 0 Å². The molecule has 2 unspecified atom stereocenters. The molecular weight excluding hydrogens is 652 g/mol. The molecular formula is C45H82O7. The van der Waals surface area contributed by atoms with Crippen molar-refractivity contribution >= 4 is 11.9 Å². The van der Waals surface area contributed by atoms with Crippen molar-refractivity contribution in [2.45, 2.75) is 219 Å². The maximum atomic E-state index is 12.2. The number of hydrogen-bond donors (Lipinski definition) is 3. The minimum atomic E-state index is -0.941. The second-order valence-corrected chi connectivity index (χ2v) is 15.2. The third-order valence-corrected chi connectivity index (χ3v) is 9.57. The van der Waals surface area contributed by atoms with Crippen LogP contribution in [0.15, 0.2) is 36.5 Å². The van der Waals surface area contributed by atoms with Crippen LogP contribution in [0, 0.1) is 5.92 Å². The van der Waals surface area contributed by atoms with Gasteiger partial charge < -0.3 is 24.8 Å². The highest BCUT2D eigenvalue weighted by molar-refractivity contribution is 5.70. The molecule has 3 atom stereocenters. The van der Waals surface area contributed by atoms with Crippen LogP contribution in [0.5, 0.6) is 0 Å². The Morgan fingerprint density at radius 1 is 0.558 bits per heavy atom. The van der Waals surface area contributed by atoms with Crippen molar-refractivity contribution in [3.05, 3.63) is 36.5 Å². The van der Waals surface area contributed by atoms with Gasteiger partial charge in [0.2, 0.25) is 0 Å². The summed E-state index contributed by atoms with van der Waals surface area (Å²) in [6, 6.07) is 0. The molecule has 0 radical (unpaired) electrons. The molecule has 0 rings (SSSR count). The summed E-state index contributed by atoms with van der Waals surface area (Å²) in [6.07, 6.45) is 39.6. The van der Waals surface area contributed by atoms with Gasteiger partial charge >= 0.3 is 11.9 Å². The van der Waals surface area contributed by atoms with Crippen LogP contribution in [-0.4, -0.2) is 58.8 Å². The minimum Gasteiger partial charge on any atom is -0.462 e. The van der Waals surface area contributed by atoms with E-state index in [0.717, 1.165) is 44.4 Å². The number of carbonyl (C=O) groups excluding carboxylic acids is 2. The van der Waals surface area contributed by atoms with Gasteiger partial charge in [-0.3, -0.25) is 9.59 Å². The molecule has 0 aliphatic heterocycles. The molecule has 0 saturated carbocycles. The summed E-state index contributed by atoms with van der Waals surface area (Å²) in [5.41, 5.74) is 0. The van der Waals surface area contributed by atoms with Gasteiger partial charge in [0.15, 0.2) is 6.10 Å². The Bertz CT molecular complexity index is 881. The Hall–Kier alpha value is -1.96. The summed E-state index contributed by atoms with van der Waals surface area (Å²) in [4.78, 5) is 24.4. The predicted octanol–water partition coefficient (Wildman–Crippen LogP) is 11.4. The summed E-state index contributed by atoms with van der Waals surface area (Å²) < 4.78 is 10.5. The Morgan fingerprint density at radius 3 is 1.60 bits per heavy atom. The maximum Gasteiger partial charge on any atom is 0.306 e. The van der Waals surface area contributed by atoms with E-state index in [0.29, 0.717) is 19.3 Å². The first-order valence-electron chi connectivity index (χ1n) is 21.6. The molecule has 0 spiro atoms. The third-order valence-electron chi connectivity index (χ3n) is 9.57. The molecule has 3 N–H and O–H groups in total. The van der Waals surface area contributed by atoms with Gasteiger partial charge in [0.1, 0.15) is 6.61 Å². The number of ether oxygens (including phenoxy) is 2. The zero-order valence-corrected chi connectivity index (χ0v) is 34.0. The summed E-state index contributed by atoms with van der Waals surface area (Å²) >= 11 is 0. The number of aliphatic hydroxyl groups excluding tert-OH is 3. The second kappa shape index (κ2) is 38.8. The van der Waals surface area contributed by atoms with Crippen LogP contribution in [-0.2, 0) is 19.1 Å². The van der Waals surface area contributed by atoms with Gasteiger partial charge in [0.05, 0.1) is 18.8 Å². The summed E-state index contributed by atoms with van der Waals surface area (Å²) in [6.45, 7) is 6.23. The molecule has 0 aliphatic carbocycles. The van der Waals surface area contributed by atoms with Gasteiger partial charge in [0, 0.05) is 12.8 Å². The maximum absolute atomic E-state index is 12.2. The van der Waals surface area contributed by atoms with Crippen molar-refractivity contribution in [2.24, 2.45) is 5.92 Å². The molecule has 52 heavy (non-hydrogen) atoms. The molecule has 0 amide bonds. The van der Waals surface area contributed by atoms with E-state index in [2.05, 4.69) is 45.1 Å². The standard InChI is InChI=1S/C45H82O7/c1-4-5-6-7-8-9-10-18-21-24-27-30-34-42(47)43(48)35-32-37-45(50)52-41(38-46)39-51-44(49)36-31-28-25-22-19-16-14-12-11-13-15-17-20-23-26-29-33-40(2)3/h8-9,18,21,27,30,40-43,46-48H,4-7,10-17,19-20,22-26,28-29,31-39H2,1-3H3/b9-8-,21-18-,30-27-/t41-,42?,43?/m0/s1. The van der Waals surface area contributed by atoms with E-state index in [1.54, 1.807) is 0 Å². The number of esters is 2. The smallest absolute Gasteiger partial charge is 0.306 e. The van der Waals surface area contributed by atoms with Crippen LogP contribution in [0.4, 0.5) is 0 Å². The average Bonchev–Trinajstić information content (AvgIpc) is 3.12. The van der Waals surface area contributed by atoms with Crippen molar-refractivity contribution in [1.82, 2.24) is 0 Å². The van der Waals surface area contributed by atoms with E-state index >= 15 is 0 Å². The SMILES string of the molecule is CCCCC/C=C\C/C=C\C/C=C\CC(O)C(O)CCCC(=O)O[C@@H](CO)COC(=O)CCCCCCCCCCCCCCCCCCC(C)C. The number of aliphatic hydroxyl groups is 3. The predicted molar refractivity (Wildman–Crippen MR) is 217 cm³/mol. The lowest BCUT2D eigenvalue weighted by Crippen LogP contribution is -2.29. The van der Waals surface area contributed by atoms with Gasteiger partial charge in [-0.15, -0.1) is 0 Å². The van der Waals surface area contributed by atoms with E-state index in [4.69, 9.17) is 9.47 Å². The number of allylic oxidation sites excluding steroid dienone is 5. The molecule has 0 aromatic rings. The van der Waals surface area contributed by atoms with Crippen molar-refractivity contribution in [3.63, 3.8) is 0 Å². The first-order valence-corrected chi connectivity index (χ1v) is 21.6. The normalized spacial score (nSPS) is 13.8. The summed E-state index contributed by atoms with van der Waals surface area (Å²) in [5, 5.41) is 30.0. The zero-order chi connectivity index (χ0) is 38.3. The fourth-order valence-corrected chi connectivity index (χ4v) is 6.14. The van der Waals surface area contributed by atoms with Crippen molar-refractivity contribution < 1.29 is 34.4 Å². The fraction of sp³-hybridized carbons (Fsp3) is 0.822. The Kier molecular flexibility index (Phi) is 37.3. The molecule has 0 fully saturated rings. The highest BCUT2D eigenvalue weighted by Crippen LogP contribution is 2.16. The van der Waals surface area contributed by atoms with Crippen LogP contribution in [0.1, 0.15) is 201 Å². The molecule has 304 valence electrons. The van der Waals surface area contributed by atoms with Gasteiger partial charge in [-0.05, 0) is 57.3 Å². The topological polar surface area (TPSA) is 113 Å². The van der Waals surface area contributed by atoms with Gasteiger partial charge in [-0.2, -0.15) is 0 Å². The number of carbonyl (C=O) groups is 2. The van der Waals surface area contributed by atoms with Crippen LogP contribution >= 0.6 is 0 Å². The lowest BCUT2D eigenvalue weighted by Gasteiger charge is -2.17. The van der Waals surface area contributed by atoms with Crippen LogP contribution in [0.3, 0.4) is 0 Å². The third kappa shape index (κ3) is 36.4. The molecule has 0 bridgehead atoms. The highest BCUT2D eigenvalue weighted by atomic mass is 16.6. The largest absolute Gasteiger partial charge is 0.462 e. The van der Waals surface area contributed by atoms with Gasteiger partial charge in [0.25, 0.3) is 0 Å². The molecule has 0 saturated heterocycles. The first kappa shape index (κ1) is 50.0. The van der Waals surface area contributed by atoms with E-state index in [1.807, 2.05) is 12.2 Å². The first-order chi connectivity index (χ1) is 25.3. The van der Waals surface area contributed by atoms with Crippen molar-refractivity contribution in [2.75, 3.05) is 13.2 Å². The Labute approximate surface area is 320 Å². The molecule has 0 aromatic heterocycles. The minimum absolute atomic E-state index is 0.0424. The molecule has 7 nitrogen and oxygen atoms in total. The van der Waals surface area contributed by atoms with Crippen LogP contribution < -0.4 is 0 Å².